The van der Waals surface area contributed by atoms with Crippen LogP contribution in [0.3, 0.4) is 0 Å². The van der Waals surface area contributed by atoms with Gasteiger partial charge < -0.3 is 20.1 Å². The molecule has 2 heterocycles. The third kappa shape index (κ3) is 5.82. The zero-order valence-corrected chi connectivity index (χ0v) is 24.3. The molecule has 3 aromatic rings. The number of fused-ring (bicyclic) bond motifs is 1. The van der Waals surface area contributed by atoms with Crippen molar-refractivity contribution in [1.29, 1.82) is 0 Å². The van der Waals surface area contributed by atoms with Crippen molar-refractivity contribution in [1.82, 2.24) is 15.3 Å². The van der Waals surface area contributed by atoms with Crippen molar-refractivity contribution in [2.24, 2.45) is 5.92 Å². The molecule has 0 spiro atoms. The predicted molar refractivity (Wildman–Crippen MR) is 153 cm³/mol. The summed E-state index contributed by atoms with van der Waals surface area (Å²) >= 11 is 0. The first-order valence-corrected chi connectivity index (χ1v) is 16.2. The van der Waals surface area contributed by atoms with Gasteiger partial charge in [0.25, 0.3) is 0 Å². The standard InChI is InChI=1S/C29H35F3N5O2P/c1-16-21(7-6-8-23(16)29(30,31)32)17(2)33-27-22-13-25(26(40(4,5)39)14-24(22)34-18(3)35-27)37-12-11-20(15-37)36-28(38)19-9-10-19/h6-8,13-14,17,19-20H,9-12,15H2,1-5H3,(H,36,38)(H,33,34,35)/t17-,20+/m1/s1. The first-order chi connectivity index (χ1) is 18.7. The lowest BCUT2D eigenvalue weighted by atomic mass is 9.97. The average Bonchev–Trinajstić information content (AvgIpc) is 3.61. The Kier molecular flexibility index (Phi) is 7.36. The number of halogens is 3. The van der Waals surface area contributed by atoms with Gasteiger partial charge >= 0.3 is 6.18 Å². The fraction of sp³-hybridized carbons (Fsp3) is 0.483. The van der Waals surface area contributed by atoms with Crippen LogP contribution in [0.2, 0.25) is 0 Å². The molecule has 2 N–H and O–H groups in total. The number of hydrogen-bond acceptors (Lipinski definition) is 6. The molecule has 2 atom stereocenters. The Morgan fingerprint density at radius 2 is 1.85 bits per heavy atom. The van der Waals surface area contributed by atoms with E-state index in [2.05, 4.69) is 25.5 Å². The molecule has 5 rings (SSSR count). The van der Waals surface area contributed by atoms with Crippen LogP contribution in [0, 0.1) is 19.8 Å². The summed E-state index contributed by atoms with van der Waals surface area (Å²) in [6.45, 7) is 9.80. The second-order valence-electron chi connectivity index (χ2n) is 11.4. The van der Waals surface area contributed by atoms with Crippen LogP contribution in [0.4, 0.5) is 24.7 Å². The van der Waals surface area contributed by atoms with E-state index in [1.807, 2.05) is 12.1 Å². The zero-order valence-electron chi connectivity index (χ0n) is 23.4. The summed E-state index contributed by atoms with van der Waals surface area (Å²) in [6.07, 6.45) is -1.77. The minimum atomic E-state index is -4.44. The van der Waals surface area contributed by atoms with Crippen molar-refractivity contribution in [3.05, 3.63) is 52.8 Å². The van der Waals surface area contributed by atoms with Crippen LogP contribution < -0.4 is 20.8 Å². The molecule has 1 aromatic heterocycles. The molecule has 214 valence electrons. The van der Waals surface area contributed by atoms with Gasteiger partial charge in [0.05, 0.1) is 17.1 Å². The van der Waals surface area contributed by atoms with Crippen molar-refractivity contribution in [2.45, 2.75) is 58.3 Å². The van der Waals surface area contributed by atoms with Crippen molar-refractivity contribution in [3.63, 3.8) is 0 Å². The Balaban J connectivity index is 1.52. The molecule has 7 nitrogen and oxygen atoms in total. The summed E-state index contributed by atoms with van der Waals surface area (Å²) in [4.78, 5) is 23.7. The van der Waals surface area contributed by atoms with Gasteiger partial charge in [-0.1, -0.05) is 12.1 Å². The first kappa shape index (κ1) is 28.4. The predicted octanol–water partition coefficient (Wildman–Crippen LogP) is 5.79. The van der Waals surface area contributed by atoms with Crippen LogP contribution in [-0.4, -0.2) is 48.3 Å². The van der Waals surface area contributed by atoms with Crippen molar-refractivity contribution in [3.8, 4) is 0 Å². The van der Waals surface area contributed by atoms with E-state index in [-0.39, 0.29) is 23.4 Å². The van der Waals surface area contributed by atoms with Crippen molar-refractivity contribution in [2.75, 3.05) is 36.6 Å². The molecule has 2 aliphatic rings. The van der Waals surface area contributed by atoms with E-state index in [0.717, 1.165) is 31.0 Å². The van der Waals surface area contributed by atoms with Crippen LogP contribution in [-0.2, 0) is 15.5 Å². The average molecular weight is 574 g/mol. The normalized spacial score (nSPS) is 18.7. The van der Waals surface area contributed by atoms with E-state index >= 15 is 0 Å². The number of amides is 1. The summed E-state index contributed by atoms with van der Waals surface area (Å²) in [5.41, 5.74) is 1.46. The van der Waals surface area contributed by atoms with E-state index in [1.54, 1.807) is 33.2 Å². The number of anilines is 2. The molecule has 1 aliphatic heterocycles. The molecule has 11 heteroatoms. The second-order valence-corrected chi connectivity index (χ2v) is 14.6. The number of alkyl halides is 3. The zero-order chi connectivity index (χ0) is 29.0. The number of nitrogens with one attached hydrogen (secondary N) is 2. The van der Waals surface area contributed by atoms with Gasteiger partial charge in [0.1, 0.15) is 18.8 Å². The third-order valence-corrected chi connectivity index (χ3v) is 9.33. The fourth-order valence-electron chi connectivity index (χ4n) is 5.54. The number of carbonyl (C=O) groups excluding carboxylic acids is 1. The largest absolute Gasteiger partial charge is 0.416 e. The van der Waals surface area contributed by atoms with Crippen LogP contribution in [0.5, 0.6) is 0 Å². The van der Waals surface area contributed by atoms with Crippen LogP contribution in [0.15, 0.2) is 30.3 Å². The SMILES string of the molecule is Cc1nc(N[C@H](C)c2cccc(C(F)(F)F)c2C)c2cc(N3CC[C@H](NC(=O)C4CC4)C3)c(P(C)(C)=O)cc2n1. The number of benzene rings is 2. The Morgan fingerprint density at radius 3 is 2.50 bits per heavy atom. The molecule has 2 fully saturated rings. The number of nitrogens with zero attached hydrogens (tertiary/aromatic N) is 3. The summed E-state index contributed by atoms with van der Waals surface area (Å²) in [5.74, 6) is 1.23. The van der Waals surface area contributed by atoms with Crippen LogP contribution in [0.25, 0.3) is 10.9 Å². The molecule has 1 saturated carbocycles. The minimum Gasteiger partial charge on any atom is -0.369 e. The summed E-state index contributed by atoms with van der Waals surface area (Å²) in [5, 5.41) is 7.88. The highest BCUT2D eigenvalue weighted by atomic mass is 31.2. The highest BCUT2D eigenvalue weighted by molar-refractivity contribution is 7.70. The molecule has 0 unspecified atom stereocenters. The Morgan fingerprint density at radius 1 is 1.12 bits per heavy atom. The summed E-state index contributed by atoms with van der Waals surface area (Å²) in [7, 11) is -2.72. The molecule has 2 aromatic carbocycles. The Bertz CT molecular complexity index is 1520. The smallest absolute Gasteiger partial charge is 0.369 e. The van der Waals surface area contributed by atoms with Gasteiger partial charge in [-0.25, -0.2) is 9.97 Å². The lowest BCUT2D eigenvalue weighted by Crippen LogP contribution is -2.38. The van der Waals surface area contributed by atoms with Crippen molar-refractivity contribution >= 4 is 40.8 Å². The third-order valence-electron chi connectivity index (χ3n) is 7.81. The Labute approximate surface area is 232 Å². The van der Waals surface area contributed by atoms with Crippen LogP contribution in [0.1, 0.15) is 54.7 Å². The molecule has 1 saturated heterocycles. The van der Waals surface area contributed by atoms with Gasteiger partial charge in [-0.3, -0.25) is 4.79 Å². The number of rotatable bonds is 7. The van der Waals surface area contributed by atoms with E-state index in [0.29, 0.717) is 46.5 Å². The van der Waals surface area contributed by atoms with Gasteiger partial charge in [-0.2, -0.15) is 13.2 Å². The monoisotopic (exact) mass is 573 g/mol. The fourth-order valence-corrected chi connectivity index (χ4v) is 6.73. The minimum absolute atomic E-state index is 0.0144. The van der Waals surface area contributed by atoms with E-state index in [4.69, 9.17) is 0 Å². The Hall–Kier alpha value is -3.13. The van der Waals surface area contributed by atoms with E-state index in [9.17, 15) is 22.5 Å². The topological polar surface area (TPSA) is 87.2 Å². The van der Waals surface area contributed by atoms with E-state index in [1.165, 1.54) is 13.0 Å². The first-order valence-electron chi connectivity index (χ1n) is 13.6. The van der Waals surface area contributed by atoms with Gasteiger partial charge in [0.2, 0.25) is 5.91 Å². The molecule has 1 amide bonds. The molecule has 0 radical (unpaired) electrons. The maximum Gasteiger partial charge on any atom is 0.416 e. The molecule has 1 aliphatic carbocycles. The van der Waals surface area contributed by atoms with Crippen molar-refractivity contribution < 1.29 is 22.5 Å². The number of aryl methyl sites for hydroxylation is 1. The maximum absolute atomic E-state index is 13.6. The van der Waals surface area contributed by atoms with E-state index < -0.39 is 24.9 Å². The maximum atomic E-state index is 13.6. The number of hydrogen-bond donors (Lipinski definition) is 2. The highest BCUT2D eigenvalue weighted by Crippen LogP contribution is 2.42. The quantitative estimate of drug-likeness (QED) is 0.348. The lowest BCUT2D eigenvalue weighted by molar-refractivity contribution is -0.138. The summed E-state index contributed by atoms with van der Waals surface area (Å²) in [6, 6.07) is 7.52. The van der Waals surface area contributed by atoms with Crippen LogP contribution >= 0.6 is 7.14 Å². The number of aromatic nitrogens is 2. The molecule has 40 heavy (non-hydrogen) atoms. The highest BCUT2D eigenvalue weighted by Gasteiger charge is 2.35. The van der Waals surface area contributed by atoms with Gasteiger partial charge in [0, 0.05) is 41.4 Å². The molecular formula is C29H35F3N5O2P. The van der Waals surface area contributed by atoms with Gasteiger partial charge in [0.15, 0.2) is 0 Å². The van der Waals surface area contributed by atoms with Gasteiger partial charge in [-0.05, 0) is 82.7 Å². The second kappa shape index (κ2) is 10.4. The molecule has 0 bridgehead atoms. The van der Waals surface area contributed by atoms with Gasteiger partial charge in [-0.15, -0.1) is 0 Å². The lowest BCUT2D eigenvalue weighted by Gasteiger charge is -2.26. The number of carbonyl (C=O) groups is 1. The summed E-state index contributed by atoms with van der Waals surface area (Å²) < 4.78 is 54.1. The molecular weight excluding hydrogens is 538 g/mol.